The van der Waals surface area contributed by atoms with Gasteiger partial charge in [-0.1, -0.05) is 12.2 Å². The lowest BCUT2D eigenvalue weighted by Gasteiger charge is -2.27. The molecule has 3 saturated heterocycles. The van der Waals surface area contributed by atoms with Crippen molar-refractivity contribution in [2.75, 3.05) is 30.8 Å². The predicted octanol–water partition coefficient (Wildman–Crippen LogP) is 0.259. The van der Waals surface area contributed by atoms with Gasteiger partial charge in [-0.3, -0.25) is 18.1 Å². The number of aliphatic hydroxyl groups excluding tert-OH is 2. The molecule has 4 aromatic heterocycles. The number of hydrogen-bond acceptors (Lipinski definition) is 18. The third-order valence-electron chi connectivity index (χ3n) is 8.76. The Morgan fingerprint density at radius 2 is 1.82 bits per heavy atom. The fourth-order valence-corrected chi connectivity index (χ4v) is 9.44. The van der Waals surface area contributed by atoms with Crippen molar-refractivity contribution in [3.8, 4) is 0 Å². The Bertz CT molecular complexity index is 2020. The van der Waals surface area contributed by atoms with Crippen molar-refractivity contribution in [1.82, 2.24) is 34.1 Å². The average molecular weight is 759 g/mol. The average Bonchev–Trinajstić information content (AvgIpc) is 3.77. The van der Waals surface area contributed by atoms with E-state index in [0.717, 1.165) is 30.3 Å². The summed E-state index contributed by atoms with van der Waals surface area (Å²) < 4.78 is 52.1. The Morgan fingerprint density at radius 1 is 1.02 bits per heavy atom. The molecule has 3 fully saturated rings. The zero-order valence-corrected chi connectivity index (χ0v) is 28.8. The minimum absolute atomic E-state index is 0.0237. The van der Waals surface area contributed by atoms with Gasteiger partial charge in [-0.25, -0.2) is 29.5 Å². The predicted molar refractivity (Wildman–Crippen MR) is 177 cm³/mol. The van der Waals surface area contributed by atoms with Gasteiger partial charge in [0, 0.05) is 12.7 Å². The molecule has 8 heterocycles. The monoisotopic (exact) mass is 758 g/mol. The Hall–Kier alpha value is -2.40. The van der Waals surface area contributed by atoms with Gasteiger partial charge < -0.3 is 50.5 Å². The summed E-state index contributed by atoms with van der Waals surface area (Å²) in [4.78, 5) is 32.7. The maximum Gasteiger partial charge on any atom is 0.386 e. The van der Waals surface area contributed by atoms with Gasteiger partial charge in [-0.15, -0.1) is 0 Å². The molecule has 3 unspecified atom stereocenters. The number of thiol groups is 1. The Balaban J connectivity index is 1.11. The van der Waals surface area contributed by atoms with Crippen LogP contribution < -0.4 is 16.8 Å². The van der Waals surface area contributed by atoms with E-state index in [1.165, 1.54) is 17.2 Å². The zero-order valence-electron chi connectivity index (χ0n) is 25.3. The number of nitrogen functional groups attached to an aromatic ring is 1. The summed E-state index contributed by atoms with van der Waals surface area (Å²) in [5, 5.41) is 27.0. The maximum absolute atomic E-state index is 13.7. The summed E-state index contributed by atoms with van der Waals surface area (Å²) in [6.45, 7) is -8.75. The van der Waals surface area contributed by atoms with E-state index >= 15 is 0 Å². The highest BCUT2D eigenvalue weighted by molar-refractivity contribution is 8.44. The number of hydrogen-bond donors (Lipinski definition) is 7. The van der Waals surface area contributed by atoms with Crippen molar-refractivity contribution in [3.63, 3.8) is 0 Å². The number of aryl methyl sites for hydroxylation is 1. The summed E-state index contributed by atoms with van der Waals surface area (Å²) in [6, 6.07) is 0. The normalized spacial score (nSPS) is 36.8. The maximum atomic E-state index is 13.7. The van der Waals surface area contributed by atoms with Gasteiger partial charge >= 0.3 is 13.5 Å². The van der Waals surface area contributed by atoms with E-state index < -0.39 is 75.8 Å². The summed E-state index contributed by atoms with van der Waals surface area (Å²) in [6.07, 6.45) is -4.17. The Morgan fingerprint density at radius 3 is 2.63 bits per heavy atom. The van der Waals surface area contributed by atoms with Crippen molar-refractivity contribution in [2.24, 2.45) is 5.73 Å². The molecule has 8 N–H and O–H groups in total. The lowest BCUT2D eigenvalue weighted by atomic mass is 10.1. The minimum Gasteiger partial charge on any atom is -0.387 e. The van der Waals surface area contributed by atoms with Crippen LogP contribution in [0.25, 0.3) is 22.2 Å². The number of anilines is 2. The molecule has 24 heteroatoms. The van der Waals surface area contributed by atoms with Crippen LogP contribution in [0.2, 0.25) is 0 Å². The summed E-state index contributed by atoms with van der Waals surface area (Å²) in [7, 11) is 0. The fraction of sp³-hybridized carbons (Fsp3) is 0.560. The lowest BCUT2D eigenvalue weighted by molar-refractivity contribution is -0.0587. The Kier molecular flexibility index (Phi) is 8.72. The number of ether oxygens (including phenoxy) is 2. The molecule has 4 aliphatic heterocycles. The fourth-order valence-electron chi connectivity index (χ4n) is 6.54. The first-order chi connectivity index (χ1) is 23.4. The summed E-state index contributed by atoms with van der Waals surface area (Å²) >= 11 is 9.51. The molecular weight excluding hydrogens is 726 g/mol. The Labute approximate surface area is 287 Å². The van der Waals surface area contributed by atoms with Gasteiger partial charge in [0.2, 0.25) is 0 Å². The number of aromatic nitrogens is 7. The van der Waals surface area contributed by atoms with Crippen LogP contribution in [-0.4, -0.2) is 106 Å². The third kappa shape index (κ3) is 6.06. The molecule has 0 amide bonds. The van der Waals surface area contributed by atoms with Gasteiger partial charge in [-0.2, -0.15) is 0 Å². The smallest absolute Gasteiger partial charge is 0.386 e. The van der Waals surface area contributed by atoms with Crippen molar-refractivity contribution >= 4 is 71.4 Å². The van der Waals surface area contributed by atoms with E-state index in [1.54, 1.807) is 4.57 Å². The molecule has 2 bridgehead atoms. The summed E-state index contributed by atoms with van der Waals surface area (Å²) in [5.41, 5.74) is 13.7. The number of nitrogens with zero attached hydrogens (tertiary/aromatic N) is 7. The van der Waals surface area contributed by atoms with E-state index in [0.29, 0.717) is 11.5 Å². The number of nitrogens with one attached hydrogen (secondary N) is 1. The SMILES string of the molecule is NCc1nc(N)c2ncn([C@@H]3OC4COP(O)(=S)O[C@H]5[C@@H](O)[C@H](n6cc7c8c(ncnc86)NCCC7)O[C@@H]5COP(=O)(S)O[C@@H]3[C@@H]4O)c2n1. The topological polar surface area (TPSA) is 272 Å². The molecule has 264 valence electrons. The van der Waals surface area contributed by atoms with E-state index in [9.17, 15) is 19.7 Å². The van der Waals surface area contributed by atoms with Crippen LogP contribution in [0.15, 0.2) is 18.9 Å². The van der Waals surface area contributed by atoms with Crippen molar-refractivity contribution in [2.45, 2.75) is 68.5 Å². The molecule has 4 aliphatic rings. The molecule has 0 spiro atoms. The summed E-state index contributed by atoms with van der Waals surface area (Å²) in [5.74, 6) is 0.941. The molecule has 0 saturated carbocycles. The second-order valence-corrected chi connectivity index (χ2v) is 17.5. The number of rotatable bonds is 3. The molecule has 49 heavy (non-hydrogen) atoms. The molecule has 8 rings (SSSR count). The van der Waals surface area contributed by atoms with Crippen molar-refractivity contribution < 1.29 is 47.2 Å². The van der Waals surface area contributed by atoms with Crippen molar-refractivity contribution in [1.29, 1.82) is 0 Å². The van der Waals surface area contributed by atoms with Crippen molar-refractivity contribution in [3.05, 3.63) is 30.2 Å². The van der Waals surface area contributed by atoms with E-state index in [-0.39, 0.29) is 29.4 Å². The van der Waals surface area contributed by atoms with Crippen LogP contribution in [0.1, 0.15) is 30.3 Å². The van der Waals surface area contributed by atoms with E-state index in [1.807, 2.05) is 6.20 Å². The van der Waals surface area contributed by atoms with Crippen LogP contribution in [0.5, 0.6) is 0 Å². The molecule has 10 atom stereocenters. The molecule has 4 aromatic rings. The standard InChI is InChI=1S/C25H32N10O10P2S2/c26-4-13-32-20(27)15-23(33-13)35(9-31-15)25-19-16(36)11(42-25)6-40-46(38,48)44-18-12(7-41-47(39,49)45-19)43-24(17(18)37)34-5-10-2-1-3-28-21-14(10)22(34)30-8-29-21/h5,8-9,11-12,16-19,24-25,36-37H,1-4,6-7,26H2,(H,38,48)(H,39,49)(H2,27,32,33)(H,28,29,30)/t11?,12-,16-,17-,18-,19-,24-,25-,46?,47?/m1/s1. The highest BCUT2D eigenvalue weighted by Gasteiger charge is 2.53. The number of imidazole rings is 1. The van der Waals surface area contributed by atoms with Crippen LogP contribution in [0, 0.1) is 0 Å². The van der Waals surface area contributed by atoms with Gasteiger partial charge in [0.15, 0.2) is 23.9 Å². The highest BCUT2D eigenvalue weighted by atomic mass is 32.7. The highest BCUT2D eigenvalue weighted by Crippen LogP contribution is 2.58. The van der Waals surface area contributed by atoms with Crippen LogP contribution >= 0.6 is 25.8 Å². The van der Waals surface area contributed by atoms with Gasteiger partial charge in [0.1, 0.15) is 65.8 Å². The molecule has 20 nitrogen and oxygen atoms in total. The van der Waals surface area contributed by atoms with Crippen LogP contribution in [0.4, 0.5) is 11.6 Å². The van der Waals surface area contributed by atoms with Gasteiger partial charge in [0.05, 0.1) is 31.5 Å². The first-order valence-corrected chi connectivity index (χ1v) is 20.5. The second kappa shape index (κ2) is 12.7. The zero-order chi connectivity index (χ0) is 34.2. The second-order valence-electron chi connectivity index (χ2n) is 11.8. The number of fused-ring (bicyclic) bond motifs is 4. The first-order valence-electron chi connectivity index (χ1n) is 15.2. The molecule has 0 aliphatic carbocycles. The van der Waals surface area contributed by atoms with Crippen LogP contribution in [-0.2, 0) is 56.9 Å². The molecular formula is C25H32N10O10P2S2. The molecule has 0 aromatic carbocycles. The minimum atomic E-state index is -4.33. The molecule has 0 radical (unpaired) electrons. The largest absolute Gasteiger partial charge is 0.387 e. The first kappa shape index (κ1) is 33.7. The third-order valence-corrected chi connectivity index (χ3v) is 11.9. The van der Waals surface area contributed by atoms with E-state index in [2.05, 4.69) is 42.5 Å². The van der Waals surface area contributed by atoms with Gasteiger partial charge in [0.25, 0.3) is 0 Å². The number of nitrogens with two attached hydrogens (primary N) is 2. The number of aliphatic hydroxyl groups is 2. The van der Waals surface area contributed by atoms with Gasteiger partial charge in [-0.05, 0) is 30.2 Å². The lowest BCUT2D eigenvalue weighted by Crippen LogP contribution is -2.36. The van der Waals surface area contributed by atoms with Crippen LogP contribution in [0.3, 0.4) is 0 Å². The quantitative estimate of drug-likeness (QED) is 0.109. The van der Waals surface area contributed by atoms with E-state index in [4.69, 9.17) is 50.8 Å².